The van der Waals surface area contributed by atoms with Gasteiger partial charge < -0.3 is 5.32 Å². The first-order chi connectivity index (χ1) is 9.24. The second kappa shape index (κ2) is 4.95. The number of rotatable bonds is 2. The molecule has 19 heavy (non-hydrogen) atoms. The number of amides is 1. The van der Waals surface area contributed by atoms with Crippen LogP contribution in [-0.4, -0.2) is 23.6 Å². The van der Waals surface area contributed by atoms with Crippen LogP contribution in [0.3, 0.4) is 0 Å². The Labute approximate surface area is 111 Å². The summed E-state index contributed by atoms with van der Waals surface area (Å²) in [6.07, 6.45) is -0.0548. The van der Waals surface area contributed by atoms with Crippen LogP contribution in [0.4, 0.5) is 0 Å². The van der Waals surface area contributed by atoms with Crippen LogP contribution in [0.15, 0.2) is 36.4 Å². The molecule has 98 valence electrons. The molecule has 1 fully saturated rings. The third-order valence-electron chi connectivity index (χ3n) is 3.37. The van der Waals surface area contributed by atoms with E-state index in [1.165, 1.54) is 0 Å². The normalized spacial score (nSPS) is 22.6. The van der Waals surface area contributed by atoms with Gasteiger partial charge in [-0.25, -0.2) is 10.4 Å². The molecule has 3 rings (SSSR count). The average Bonchev–Trinajstić information content (AvgIpc) is 2.84. The van der Waals surface area contributed by atoms with Crippen molar-refractivity contribution in [3.05, 3.63) is 42.1 Å². The average molecular weight is 256 g/mol. The zero-order valence-corrected chi connectivity index (χ0v) is 10.7. The van der Waals surface area contributed by atoms with Crippen LogP contribution in [0.1, 0.15) is 17.4 Å². The quantitative estimate of drug-likeness (QED) is 0.751. The van der Waals surface area contributed by atoms with Crippen molar-refractivity contribution in [1.82, 2.24) is 21.2 Å². The van der Waals surface area contributed by atoms with Crippen LogP contribution in [0, 0.1) is 5.92 Å². The first-order valence-corrected chi connectivity index (χ1v) is 6.39. The Morgan fingerprint density at radius 2 is 2.16 bits per heavy atom. The van der Waals surface area contributed by atoms with E-state index in [1.807, 2.05) is 30.3 Å². The highest BCUT2D eigenvalue weighted by molar-refractivity contribution is 5.95. The van der Waals surface area contributed by atoms with E-state index in [1.54, 1.807) is 6.07 Å². The monoisotopic (exact) mass is 256 g/mol. The summed E-state index contributed by atoms with van der Waals surface area (Å²) in [6, 6.07) is 11.4. The molecular weight excluding hydrogens is 240 g/mol. The SMILES string of the molecule is CC1CNNC1NC(=O)c1ccc2ccccc2n1. The van der Waals surface area contributed by atoms with Gasteiger partial charge in [0.2, 0.25) is 0 Å². The maximum absolute atomic E-state index is 12.1. The van der Waals surface area contributed by atoms with Crippen molar-refractivity contribution in [3.63, 3.8) is 0 Å². The van der Waals surface area contributed by atoms with Gasteiger partial charge >= 0.3 is 0 Å². The van der Waals surface area contributed by atoms with E-state index in [9.17, 15) is 4.79 Å². The summed E-state index contributed by atoms with van der Waals surface area (Å²) < 4.78 is 0. The minimum atomic E-state index is -0.154. The summed E-state index contributed by atoms with van der Waals surface area (Å²) in [7, 11) is 0. The number of para-hydroxylation sites is 1. The van der Waals surface area contributed by atoms with Crippen molar-refractivity contribution in [2.75, 3.05) is 6.54 Å². The largest absolute Gasteiger partial charge is 0.334 e. The second-order valence-corrected chi connectivity index (χ2v) is 4.84. The number of carbonyl (C=O) groups is 1. The molecule has 2 aromatic rings. The summed E-state index contributed by atoms with van der Waals surface area (Å²) >= 11 is 0. The maximum Gasteiger partial charge on any atom is 0.271 e. The van der Waals surface area contributed by atoms with Crippen LogP contribution in [-0.2, 0) is 0 Å². The van der Waals surface area contributed by atoms with Crippen molar-refractivity contribution in [2.45, 2.75) is 13.1 Å². The lowest BCUT2D eigenvalue weighted by molar-refractivity contribution is 0.0919. The molecule has 5 nitrogen and oxygen atoms in total. The van der Waals surface area contributed by atoms with Crippen LogP contribution in [0.2, 0.25) is 0 Å². The third kappa shape index (κ3) is 2.43. The van der Waals surface area contributed by atoms with E-state index < -0.39 is 0 Å². The molecule has 1 saturated heterocycles. The van der Waals surface area contributed by atoms with Crippen molar-refractivity contribution in [2.24, 2.45) is 5.92 Å². The molecule has 2 heterocycles. The number of carbonyl (C=O) groups excluding carboxylic acids is 1. The number of pyridine rings is 1. The Balaban J connectivity index is 1.81. The Morgan fingerprint density at radius 3 is 2.95 bits per heavy atom. The predicted molar refractivity (Wildman–Crippen MR) is 73.3 cm³/mol. The molecule has 5 heteroatoms. The number of fused-ring (bicyclic) bond motifs is 1. The molecular formula is C14H16N4O. The minimum Gasteiger partial charge on any atom is -0.334 e. The summed E-state index contributed by atoms with van der Waals surface area (Å²) in [5.74, 6) is 0.197. The van der Waals surface area contributed by atoms with Crippen molar-refractivity contribution in [3.8, 4) is 0 Å². The lowest BCUT2D eigenvalue weighted by Gasteiger charge is -2.16. The number of hydrogen-bond acceptors (Lipinski definition) is 4. The van der Waals surface area contributed by atoms with Gasteiger partial charge in [0.05, 0.1) is 11.7 Å². The number of hydrogen-bond donors (Lipinski definition) is 3. The second-order valence-electron chi connectivity index (χ2n) is 4.84. The molecule has 1 aromatic heterocycles. The Hall–Kier alpha value is -1.98. The van der Waals surface area contributed by atoms with Gasteiger partial charge in [0.1, 0.15) is 5.69 Å². The standard InChI is InChI=1S/C14H16N4O/c1-9-8-15-18-13(9)17-14(19)12-7-6-10-4-2-3-5-11(10)16-12/h2-7,9,13,15,18H,8H2,1H3,(H,17,19). The fourth-order valence-corrected chi connectivity index (χ4v) is 2.18. The zero-order chi connectivity index (χ0) is 13.2. The fraction of sp³-hybridized carbons (Fsp3) is 0.286. The van der Waals surface area contributed by atoms with E-state index in [4.69, 9.17) is 0 Å². The Bertz CT molecular complexity index is 613. The highest BCUT2D eigenvalue weighted by Crippen LogP contribution is 2.12. The van der Waals surface area contributed by atoms with Gasteiger partial charge in [0.15, 0.2) is 0 Å². The Kier molecular flexibility index (Phi) is 3.15. The lowest BCUT2D eigenvalue weighted by Crippen LogP contribution is -2.46. The Morgan fingerprint density at radius 1 is 1.32 bits per heavy atom. The van der Waals surface area contributed by atoms with Gasteiger partial charge in [-0.05, 0) is 12.1 Å². The summed E-state index contributed by atoms with van der Waals surface area (Å²) in [5, 5.41) is 3.97. The molecule has 1 aliphatic heterocycles. The van der Waals surface area contributed by atoms with Gasteiger partial charge in [-0.1, -0.05) is 31.2 Å². The molecule has 2 atom stereocenters. The van der Waals surface area contributed by atoms with E-state index in [-0.39, 0.29) is 12.1 Å². The first-order valence-electron chi connectivity index (χ1n) is 6.39. The van der Waals surface area contributed by atoms with Crippen LogP contribution in [0.25, 0.3) is 10.9 Å². The minimum absolute atomic E-state index is 0.0548. The summed E-state index contributed by atoms with van der Waals surface area (Å²) in [5.41, 5.74) is 7.34. The molecule has 0 radical (unpaired) electrons. The first kappa shape index (κ1) is 12.1. The topological polar surface area (TPSA) is 66.0 Å². The smallest absolute Gasteiger partial charge is 0.271 e. The van der Waals surface area contributed by atoms with E-state index in [0.29, 0.717) is 11.6 Å². The van der Waals surface area contributed by atoms with Crippen molar-refractivity contribution >= 4 is 16.8 Å². The van der Waals surface area contributed by atoms with Crippen molar-refractivity contribution < 1.29 is 4.79 Å². The van der Waals surface area contributed by atoms with Crippen molar-refractivity contribution in [1.29, 1.82) is 0 Å². The number of nitrogens with zero attached hydrogens (tertiary/aromatic N) is 1. The highest BCUT2D eigenvalue weighted by atomic mass is 16.2. The molecule has 1 aromatic carbocycles. The highest BCUT2D eigenvalue weighted by Gasteiger charge is 2.24. The molecule has 1 amide bonds. The molecule has 0 spiro atoms. The van der Waals surface area contributed by atoms with Crippen LogP contribution >= 0.6 is 0 Å². The van der Waals surface area contributed by atoms with Crippen LogP contribution in [0.5, 0.6) is 0 Å². The maximum atomic E-state index is 12.1. The van der Waals surface area contributed by atoms with Gasteiger partial charge in [-0.3, -0.25) is 10.2 Å². The predicted octanol–water partition coefficient (Wildman–Crippen LogP) is 1.03. The lowest BCUT2D eigenvalue weighted by atomic mass is 10.1. The number of aromatic nitrogens is 1. The molecule has 0 saturated carbocycles. The molecule has 1 aliphatic rings. The molecule has 2 unspecified atom stereocenters. The van der Waals surface area contributed by atoms with E-state index in [0.717, 1.165) is 17.4 Å². The number of benzene rings is 1. The van der Waals surface area contributed by atoms with E-state index >= 15 is 0 Å². The summed E-state index contributed by atoms with van der Waals surface area (Å²) in [6.45, 7) is 2.92. The van der Waals surface area contributed by atoms with Gasteiger partial charge in [-0.2, -0.15) is 0 Å². The summed E-state index contributed by atoms with van der Waals surface area (Å²) in [4.78, 5) is 16.5. The number of nitrogens with one attached hydrogen (secondary N) is 3. The van der Waals surface area contributed by atoms with Gasteiger partial charge in [-0.15, -0.1) is 0 Å². The van der Waals surface area contributed by atoms with Gasteiger partial charge in [0.25, 0.3) is 5.91 Å². The van der Waals surface area contributed by atoms with Crippen LogP contribution < -0.4 is 16.2 Å². The number of hydrazine groups is 1. The third-order valence-corrected chi connectivity index (χ3v) is 3.37. The zero-order valence-electron chi connectivity index (χ0n) is 10.7. The molecule has 0 aliphatic carbocycles. The van der Waals surface area contributed by atoms with Gasteiger partial charge in [0, 0.05) is 17.8 Å². The van der Waals surface area contributed by atoms with E-state index in [2.05, 4.69) is 28.1 Å². The fourth-order valence-electron chi connectivity index (χ4n) is 2.18. The molecule has 0 bridgehead atoms. The molecule has 3 N–H and O–H groups in total.